The molecule has 1 aliphatic rings. The van der Waals surface area contributed by atoms with E-state index >= 15 is 0 Å². The van der Waals surface area contributed by atoms with Gasteiger partial charge in [0.15, 0.2) is 17.5 Å². The third kappa shape index (κ3) is 3.06. The van der Waals surface area contributed by atoms with Crippen molar-refractivity contribution in [1.82, 2.24) is 9.55 Å². The number of thioether (sulfide) groups is 1. The number of rotatable bonds is 5. The molecule has 7 heteroatoms. The molecule has 3 aromatic rings. The molecule has 1 aromatic heterocycles. The number of nitrogens with one attached hydrogen (secondary N) is 1. The molecule has 0 bridgehead atoms. The predicted octanol–water partition coefficient (Wildman–Crippen LogP) is 3.36. The zero-order valence-corrected chi connectivity index (χ0v) is 15.0. The van der Waals surface area contributed by atoms with Crippen molar-refractivity contribution < 1.29 is 14.3 Å². The minimum atomic E-state index is -0.215. The molecule has 0 radical (unpaired) electrons. The summed E-state index contributed by atoms with van der Waals surface area (Å²) >= 11 is 1.42. The largest absolute Gasteiger partial charge is 0.482 e. The number of carbonyl (C=O) groups is 2. The standard InChI is InChI=1S/C19H17N3O3S/c1-2-22-15-6-4-3-5-13(15)21-19(22)26-11-16(23)12-7-8-17-14(9-12)20-18(24)10-25-17/h3-9H,2,10-11H2,1H3,(H,20,24). The average molecular weight is 367 g/mol. The number of benzene rings is 2. The predicted molar refractivity (Wildman–Crippen MR) is 101 cm³/mol. The van der Waals surface area contributed by atoms with Crippen LogP contribution in [0.2, 0.25) is 0 Å². The van der Waals surface area contributed by atoms with E-state index in [0.717, 1.165) is 22.7 Å². The lowest BCUT2D eigenvalue weighted by Gasteiger charge is -2.18. The van der Waals surface area contributed by atoms with Crippen LogP contribution in [0.3, 0.4) is 0 Å². The van der Waals surface area contributed by atoms with Crippen LogP contribution in [0.5, 0.6) is 5.75 Å². The number of amides is 1. The summed E-state index contributed by atoms with van der Waals surface area (Å²) in [5.74, 6) is 0.624. The van der Waals surface area contributed by atoms with Gasteiger partial charge in [-0.3, -0.25) is 9.59 Å². The molecule has 26 heavy (non-hydrogen) atoms. The number of anilines is 1. The summed E-state index contributed by atoms with van der Waals surface area (Å²) in [6.45, 7) is 2.86. The van der Waals surface area contributed by atoms with Crippen molar-refractivity contribution in [3.8, 4) is 5.75 Å². The van der Waals surface area contributed by atoms with E-state index in [1.807, 2.05) is 24.3 Å². The van der Waals surface area contributed by atoms with Crippen LogP contribution in [-0.4, -0.2) is 33.6 Å². The zero-order valence-electron chi connectivity index (χ0n) is 14.2. The number of imidazole rings is 1. The van der Waals surface area contributed by atoms with E-state index in [4.69, 9.17) is 4.74 Å². The second kappa shape index (κ2) is 6.84. The van der Waals surface area contributed by atoms with E-state index in [-0.39, 0.29) is 24.1 Å². The summed E-state index contributed by atoms with van der Waals surface area (Å²) in [7, 11) is 0. The fourth-order valence-electron chi connectivity index (χ4n) is 2.94. The number of fused-ring (bicyclic) bond motifs is 2. The van der Waals surface area contributed by atoms with Gasteiger partial charge in [-0.05, 0) is 37.3 Å². The maximum absolute atomic E-state index is 12.6. The first-order valence-corrected chi connectivity index (χ1v) is 9.32. The monoisotopic (exact) mass is 367 g/mol. The Morgan fingerprint density at radius 3 is 3.00 bits per heavy atom. The van der Waals surface area contributed by atoms with E-state index in [0.29, 0.717) is 17.0 Å². The highest BCUT2D eigenvalue weighted by Gasteiger charge is 2.18. The molecule has 1 N–H and O–H groups in total. The number of aryl methyl sites for hydroxylation is 1. The molecule has 1 amide bonds. The Hall–Kier alpha value is -2.80. The number of para-hydroxylation sites is 2. The number of Topliss-reactive ketones (excluding diaryl/α,β-unsaturated/α-hetero) is 1. The number of ether oxygens (including phenoxy) is 1. The van der Waals surface area contributed by atoms with Crippen LogP contribution in [0, 0.1) is 0 Å². The molecule has 0 aliphatic carbocycles. The van der Waals surface area contributed by atoms with Gasteiger partial charge >= 0.3 is 0 Å². The van der Waals surface area contributed by atoms with Gasteiger partial charge in [0.05, 0.1) is 22.5 Å². The number of hydrogen-bond acceptors (Lipinski definition) is 5. The van der Waals surface area contributed by atoms with Gasteiger partial charge in [-0.25, -0.2) is 4.98 Å². The molecular formula is C19H17N3O3S. The fraction of sp³-hybridized carbons (Fsp3) is 0.211. The second-order valence-electron chi connectivity index (χ2n) is 5.89. The van der Waals surface area contributed by atoms with E-state index < -0.39 is 0 Å². The van der Waals surface area contributed by atoms with Crippen LogP contribution in [0.4, 0.5) is 5.69 Å². The lowest BCUT2D eigenvalue weighted by Crippen LogP contribution is -2.25. The Kier molecular flexibility index (Phi) is 4.38. The summed E-state index contributed by atoms with van der Waals surface area (Å²) in [4.78, 5) is 28.7. The van der Waals surface area contributed by atoms with Crippen LogP contribution in [0.1, 0.15) is 17.3 Å². The first-order valence-electron chi connectivity index (χ1n) is 8.33. The van der Waals surface area contributed by atoms with Crippen molar-refractivity contribution in [2.75, 3.05) is 17.7 Å². The molecule has 2 heterocycles. The molecule has 1 aliphatic heterocycles. The van der Waals surface area contributed by atoms with Gasteiger partial charge in [-0.1, -0.05) is 23.9 Å². The lowest BCUT2D eigenvalue weighted by molar-refractivity contribution is -0.118. The molecular weight excluding hydrogens is 350 g/mol. The molecule has 2 aromatic carbocycles. The van der Waals surface area contributed by atoms with E-state index in [1.165, 1.54) is 11.8 Å². The zero-order chi connectivity index (χ0) is 18.1. The molecule has 0 spiro atoms. The molecule has 0 saturated heterocycles. The number of aromatic nitrogens is 2. The second-order valence-corrected chi connectivity index (χ2v) is 6.83. The maximum atomic E-state index is 12.6. The number of hydrogen-bond donors (Lipinski definition) is 1. The number of ketones is 1. The minimum Gasteiger partial charge on any atom is -0.482 e. The van der Waals surface area contributed by atoms with Gasteiger partial charge in [0, 0.05) is 12.1 Å². The lowest BCUT2D eigenvalue weighted by atomic mass is 10.1. The molecule has 0 unspecified atom stereocenters. The van der Waals surface area contributed by atoms with Crippen LogP contribution < -0.4 is 10.1 Å². The molecule has 6 nitrogen and oxygen atoms in total. The quantitative estimate of drug-likeness (QED) is 0.553. The number of nitrogens with zero attached hydrogens (tertiary/aromatic N) is 2. The summed E-state index contributed by atoms with van der Waals surface area (Å²) in [5, 5.41) is 3.56. The van der Waals surface area contributed by atoms with Crippen LogP contribution in [0.15, 0.2) is 47.6 Å². The highest BCUT2D eigenvalue weighted by atomic mass is 32.2. The summed E-state index contributed by atoms with van der Waals surface area (Å²) < 4.78 is 7.43. The first kappa shape index (κ1) is 16.7. The molecule has 0 saturated carbocycles. The molecule has 132 valence electrons. The SMILES string of the molecule is CCn1c(SCC(=O)c2ccc3c(c2)NC(=O)CO3)nc2ccccc21. The minimum absolute atomic E-state index is 0.00335. The van der Waals surface area contributed by atoms with Gasteiger partial charge < -0.3 is 14.6 Å². The van der Waals surface area contributed by atoms with Crippen molar-refractivity contribution in [3.05, 3.63) is 48.0 Å². The van der Waals surface area contributed by atoms with E-state index in [9.17, 15) is 9.59 Å². The highest BCUT2D eigenvalue weighted by molar-refractivity contribution is 7.99. The van der Waals surface area contributed by atoms with Crippen LogP contribution >= 0.6 is 11.8 Å². The summed E-state index contributed by atoms with van der Waals surface area (Å²) in [6, 6.07) is 13.1. The Bertz CT molecular complexity index is 1010. The van der Waals surface area contributed by atoms with Crippen molar-refractivity contribution >= 4 is 40.2 Å². The van der Waals surface area contributed by atoms with Gasteiger partial charge in [0.25, 0.3) is 5.91 Å². The smallest absolute Gasteiger partial charge is 0.262 e. The summed E-state index contributed by atoms with van der Waals surface area (Å²) in [5.41, 5.74) is 3.08. The normalized spacial score (nSPS) is 13.2. The van der Waals surface area contributed by atoms with Crippen molar-refractivity contribution in [1.29, 1.82) is 0 Å². The Labute approximate surface area is 154 Å². The van der Waals surface area contributed by atoms with Gasteiger partial charge in [0.2, 0.25) is 0 Å². The van der Waals surface area contributed by atoms with Gasteiger partial charge in [-0.15, -0.1) is 0 Å². The van der Waals surface area contributed by atoms with Crippen LogP contribution in [-0.2, 0) is 11.3 Å². The van der Waals surface area contributed by atoms with Gasteiger partial charge in [0.1, 0.15) is 5.75 Å². The number of carbonyl (C=O) groups excluding carboxylic acids is 2. The summed E-state index contributed by atoms with van der Waals surface area (Å²) in [6.07, 6.45) is 0. The third-order valence-corrected chi connectivity index (χ3v) is 5.18. The highest BCUT2D eigenvalue weighted by Crippen LogP contribution is 2.30. The van der Waals surface area contributed by atoms with Crippen LogP contribution in [0.25, 0.3) is 11.0 Å². The average Bonchev–Trinajstić information content (AvgIpc) is 3.02. The molecule has 0 atom stereocenters. The van der Waals surface area contributed by atoms with Crippen molar-refractivity contribution in [2.24, 2.45) is 0 Å². The fourth-order valence-corrected chi connectivity index (χ4v) is 3.91. The Balaban J connectivity index is 1.53. The topological polar surface area (TPSA) is 73.2 Å². The first-order chi connectivity index (χ1) is 12.7. The van der Waals surface area contributed by atoms with Crippen molar-refractivity contribution in [2.45, 2.75) is 18.6 Å². The Morgan fingerprint density at radius 1 is 1.31 bits per heavy atom. The van der Waals surface area contributed by atoms with E-state index in [1.54, 1.807) is 18.2 Å². The van der Waals surface area contributed by atoms with Gasteiger partial charge in [-0.2, -0.15) is 0 Å². The van der Waals surface area contributed by atoms with E-state index in [2.05, 4.69) is 21.8 Å². The maximum Gasteiger partial charge on any atom is 0.262 e. The third-order valence-electron chi connectivity index (χ3n) is 4.20. The Morgan fingerprint density at radius 2 is 2.15 bits per heavy atom. The molecule has 0 fully saturated rings. The molecule has 4 rings (SSSR count). The van der Waals surface area contributed by atoms with Crippen molar-refractivity contribution in [3.63, 3.8) is 0 Å².